The summed E-state index contributed by atoms with van der Waals surface area (Å²) in [6.07, 6.45) is 5.49. The summed E-state index contributed by atoms with van der Waals surface area (Å²) in [4.78, 5) is 18.8. The molecule has 1 aromatic carbocycles. The van der Waals surface area contributed by atoms with E-state index in [0.29, 0.717) is 36.9 Å². The molecule has 1 aliphatic heterocycles. The van der Waals surface area contributed by atoms with Crippen LogP contribution in [0.4, 0.5) is 4.39 Å². The van der Waals surface area contributed by atoms with Gasteiger partial charge >= 0.3 is 0 Å². The SMILES string of the molecule is O=C(c1cccnn1)N1CCCC(c2ncc(Cc3cccc(F)c3)o2)C1. The molecule has 0 saturated carbocycles. The third kappa shape index (κ3) is 4.02. The van der Waals surface area contributed by atoms with Crippen molar-refractivity contribution in [2.24, 2.45) is 0 Å². The fourth-order valence-corrected chi connectivity index (χ4v) is 3.38. The third-order valence-electron chi connectivity index (χ3n) is 4.69. The smallest absolute Gasteiger partial charge is 0.274 e. The van der Waals surface area contributed by atoms with E-state index in [1.165, 1.54) is 12.1 Å². The van der Waals surface area contributed by atoms with Gasteiger partial charge in [-0.3, -0.25) is 4.79 Å². The number of nitrogens with zero attached hydrogens (tertiary/aromatic N) is 4. The normalized spacial score (nSPS) is 17.1. The average molecular weight is 366 g/mol. The third-order valence-corrected chi connectivity index (χ3v) is 4.69. The van der Waals surface area contributed by atoms with Gasteiger partial charge in [-0.25, -0.2) is 9.37 Å². The van der Waals surface area contributed by atoms with Crippen molar-refractivity contribution in [3.05, 3.63) is 77.5 Å². The lowest BCUT2D eigenvalue weighted by Crippen LogP contribution is -2.39. The van der Waals surface area contributed by atoms with Gasteiger partial charge in [0, 0.05) is 25.7 Å². The second kappa shape index (κ2) is 7.65. The number of hydrogen-bond acceptors (Lipinski definition) is 5. The zero-order chi connectivity index (χ0) is 18.6. The fraction of sp³-hybridized carbons (Fsp3) is 0.300. The molecule has 1 saturated heterocycles. The van der Waals surface area contributed by atoms with E-state index in [9.17, 15) is 9.18 Å². The molecule has 6 nitrogen and oxygen atoms in total. The van der Waals surface area contributed by atoms with Gasteiger partial charge in [-0.1, -0.05) is 12.1 Å². The minimum absolute atomic E-state index is 0.0423. The quantitative estimate of drug-likeness (QED) is 0.709. The Kier molecular flexibility index (Phi) is 4.91. The molecule has 1 amide bonds. The average Bonchev–Trinajstić information content (AvgIpc) is 3.17. The molecular formula is C20H19FN4O2. The van der Waals surface area contributed by atoms with Crippen molar-refractivity contribution >= 4 is 5.91 Å². The van der Waals surface area contributed by atoms with Gasteiger partial charge in [0.1, 0.15) is 11.6 Å². The van der Waals surface area contributed by atoms with Crippen LogP contribution in [0.2, 0.25) is 0 Å². The Morgan fingerprint density at radius 1 is 1.30 bits per heavy atom. The molecule has 1 fully saturated rings. The minimum atomic E-state index is -0.266. The molecule has 4 rings (SSSR count). The van der Waals surface area contributed by atoms with E-state index in [4.69, 9.17) is 4.42 Å². The number of hydrogen-bond donors (Lipinski definition) is 0. The lowest BCUT2D eigenvalue weighted by atomic mass is 9.97. The van der Waals surface area contributed by atoms with Crippen molar-refractivity contribution in [3.8, 4) is 0 Å². The molecule has 1 aliphatic rings. The van der Waals surface area contributed by atoms with E-state index >= 15 is 0 Å². The number of carbonyl (C=O) groups excluding carboxylic acids is 1. The van der Waals surface area contributed by atoms with Crippen molar-refractivity contribution in [2.75, 3.05) is 13.1 Å². The van der Waals surface area contributed by atoms with Gasteiger partial charge in [-0.05, 0) is 42.7 Å². The van der Waals surface area contributed by atoms with Crippen molar-refractivity contribution < 1.29 is 13.6 Å². The Balaban J connectivity index is 1.44. The van der Waals surface area contributed by atoms with E-state index in [1.807, 2.05) is 6.07 Å². The maximum atomic E-state index is 13.3. The van der Waals surface area contributed by atoms with Crippen LogP contribution in [0.25, 0.3) is 0 Å². The van der Waals surface area contributed by atoms with Crippen LogP contribution >= 0.6 is 0 Å². The van der Waals surface area contributed by atoms with Crippen LogP contribution in [-0.2, 0) is 6.42 Å². The molecule has 0 bridgehead atoms. The molecule has 3 heterocycles. The summed E-state index contributed by atoms with van der Waals surface area (Å²) in [5, 5.41) is 7.67. The number of halogens is 1. The van der Waals surface area contributed by atoms with Crippen LogP contribution in [0.15, 0.2) is 53.2 Å². The lowest BCUT2D eigenvalue weighted by molar-refractivity contribution is 0.0690. The van der Waals surface area contributed by atoms with Crippen molar-refractivity contribution in [1.29, 1.82) is 0 Å². The van der Waals surface area contributed by atoms with Gasteiger partial charge in [0.25, 0.3) is 5.91 Å². The van der Waals surface area contributed by atoms with Gasteiger partial charge in [0.15, 0.2) is 11.6 Å². The summed E-state index contributed by atoms with van der Waals surface area (Å²) in [7, 11) is 0. The van der Waals surface area contributed by atoms with Gasteiger partial charge in [-0.15, -0.1) is 5.10 Å². The van der Waals surface area contributed by atoms with Crippen molar-refractivity contribution in [1.82, 2.24) is 20.1 Å². The lowest BCUT2D eigenvalue weighted by Gasteiger charge is -2.30. The molecule has 0 radical (unpaired) electrons. The highest BCUT2D eigenvalue weighted by molar-refractivity contribution is 5.92. The van der Waals surface area contributed by atoms with Crippen LogP contribution < -0.4 is 0 Å². The Morgan fingerprint density at radius 3 is 3.04 bits per heavy atom. The van der Waals surface area contributed by atoms with Crippen LogP contribution in [0.5, 0.6) is 0 Å². The predicted molar refractivity (Wildman–Crippen MR) is 95.6 cm³/mol. The van der Waals surface area contributed by atoms with E-state index < -0.39 is 0 Å². The standard InChI is InChI=1S/C20H19FN4O2/c21-16-6-1-4-14(10-16)11-17-12-22-19(27-17)15-5-3-9-25(13-15)20(26)18-7-2-8-23-24-18/h1-2,4,6-8,10,12,15H,3,5,9,11,13H2. The van der Waals surface area contributed by atoms with Gasteiger partial charge in [0.2, 0.25) is 0 Å². The van der Waals surface area contributed by atoms with Crippen LogP contribution in [-0.4, -0.2) is 39.1 Å². The molecule has 0 N–H and O–H groups in total. The molecule has 27 heavy (non-hydrogen) atoms. The van der Waals surface area contributed by atoms with Crippen LogP contribution in [0.1, 0.15) is 46.5 Å². The highest BCUT2D eigenvalue weighted by atomic mass is 19.1. The number of carbonyl (C=O) groups is 1. The number of rotatable bonds is 4. The summed E-state index contributed by atoms with van der Waals surface area (Å²) in [6, 6.07) is 9.81. The number of amides is 1. The highest BCUT2D eigenvalue weighted by Crippen LogP contribution is 2.28. The molecule has 0 spiro atoms. The molecule has 2 aromatic heterocycles. The fourth-order valence-electron chi connectivity index (χ4n) is 3.38. The Hall–Kier alpha value is -3.09. The molecule has 7 heteroatoms. The van der Waals surface area contributed by atoms with Crippen LogP contribution in [0, 0.1) is 5.82 Å². The maximum Gasteiger partial charge on any atom is 0.274 e. The largest absolute Gasteiger partial charge is 0.445 e. The van der Waals surface area contributed by atoms with E-state index in [1.54, 1.807) is 35.5 Å². The first kappa shape index (κ1) is 17.3. The second-order valence-electron chi connectivity index (χ2n) is 6.67. The predicted octanol–water partition coefficient (Wildman–Crippen LogP) is 3.21. The first-order valence-corrected chi connectivity index (χ1v) is 8.95. The maximum absolute atomic E-state index is 13.3. The Labute approximate surface area is 156 Å². The number of likely N-dealkylation sites (tertiary alicyclic amines) is 1. The molecule has 1 unspecified atom stereocenters. The molecule has 3 aromatic rings. The molecule has 0 aliphatic carbocycles. The van der Waals surface area contributed by atoms with Gasteiger partial charge in [0.05, 0.1) is 12.1 Å². The molecule has 1 atom stereocenters. The zero-order valence-electron chi connectivity index (χ0n) is 14.7. The number of oxazole rings is 1. The van der Waals surface area contributed by atoms with Crippen LogP contribution in [0.3, 0.4) is 0 Å². The Bertz CT molecular complexity index is 928. The summed E-state index contributed by atoms with van der Waals surface area (Å²) in [6.45, 7) is 1.22. The topological polar surface area (TPSA) is 72.1 Å². The summed E-state index contributed by atoms with van der Waals surface area (Å²) in [5.41, 5.74) is 1.18. The molecular weight excluding hydrogens is 347 g/mol. The van der Waals surface area contributed by atoms with Gasteiger partial charge in [-0.2, -0.15) is 5.10 Å². The summed E-state index contributed by atoms with van der Waals surface area (Å²) < 4.78 is 19.2. The monoisotopic (exact) mass is 366 g/mol. The van der Waals surface area contributed by atoms with E-state index in [2.05, 4.69) is 15.2 Å². The molecule has 138 valence electrons. The first-order valence-electron chi connectivity index (χ1n) is 8.95. The van der Waals surface area contributed by atoms with E-state index in [0.717, 1.165) is 18.4 Å². The van der Waals surface area contributed by atoms with Crippen molar-refractivity contribution in [2.45, 2.75) is 25.2 Å². The minimum Gasteiger partial charge on any atom is -0.445 e. The van der Waals surface area contributed by atoms with E-state index in [-0.39, 0.29) is 17.6 Å². The summed E-state index contributed by atoms with van der Waals surface area (Å²) in [5.74, 6) is 0.962. The number of benzene rings is 1. The number of piperidine rings is 1. The first-order chi connectivity index (χ1) is 13.2. The number of aromatic nitrogens is 3. The van der Waals surface area contributed by atoms with Gasteiger partial charge < -0.3 is 9.32 Å². The second-order valence-corrected chi connectivity index (χ2v) is 6.67. The Morgan fingerprint density at radius 2 is 2.22 bits per heavy atom. The summed E-state index contributed by atoms with van der Waals surface area (Å²) >= 11 is 0. The van der Waals surface area contributed by atoms with Crippen molar-refractivity contribution in [3.63, 3.8) is 0 Å². The highest BCUT2D eigenvalue weighted by Gasteiger charge is 2.29. The zero-order valence-corrected chi connectivity index (χ0v) is 14.7.